The van der Waals surface area contributed by atoms with Crippen LogP contribution in [0.3, 0.4) is 0 Å². The highest BCUT2D eigenvalue weighted by molar-refractivity contribution is 5.09. The van der Waals surface area contributed by atoms with Gasteiger partial charge >= 0.3 is 0 Å². The molecule has 1 aliphatic carbocycles. The van der Waals surface area contributed by atoms with Crippen LogP contribution in [0.5, 0.6) is 0 Å². The standard InChI is InChI=1S/C7H13FN2/c8-6-4-10-3-5(6)7(9)1-2-7/h5-6,10H,1-4,9H2/t5-,6+/m0/s1. The fourth-order valence-corrected chi connectivity index (χ4v) is 1.73. The lowest BCUT2D eigenvalue weighted by Crippen LogP contribution is -2.38. The second-order valence-electron chi connectivity index (χ2n) is 3.51. The van der Waals surface area contributed by atoms with Gasteiger partial charge < -0.3 is 11.1 Å². The molecule has 1 saturated heterocycles. The van der Waals surface area contributed by atoms with E-state index in [0.29, 0.717) is 6.54 Å². The van der Waals surface area contributed by atoms with Crippen molar-refractivity contribution in [1.29, 1.82) is 0 Å². The van der Waals surface area contributed by atoms with Gasteiger partial charge in [0.1, 0.15) is 6.17 Å². The Morgan fingerprint density at radius 2 is 2.10 bits per heavy atom. The van der Waals surface area contributed by atoms with Gasteiger partial charge in [-0.25, -0.2) is 4.39 Å². The molecule has 58 valence electrons. The summed E-state index contributed by atoms with van der Waals surface area (Å²) in [5, 5.41) is 3.01. The average Bonchev–Trinajstić information content (AvgIpc) is 2.44. The quantitative estimate of drug-likeness (QED) is 0.545. The van der Waals surface area contributed by atoms with Crippen molar-refractivity contribution in [2.45, 2.75) is 24.6 Å². The highest BCUT2D eigenvalue weighted by Crippen LogP contribution is 2.42. The van der Waals surface area contributed by atoms with E-state index in [0.717, 1.165) is 19.4 Å². The van der Waals surface area contributed by atoms with E-state index < -0.39 is 6.17 Å². The highest BCUT2D eigenvalue weighted by Gasteiger charge is 2.50. The molecular formula is C7H13FN2. The number of hydrogen-bond acceptors (Lipinski definition) is 2. The average molecular weight is 144 g/mol. The summed E-state index contributed by atoms with van der Waals surface area (Å²) in [6.07, 6.45) is 1.33. The van der Waals surface area contributed by atoms with E-state index in [2.05, 4.69) is 5.32 Å². The molecule has 2 fully saturated rings. The third-order valence-corrected chi connectivity index (χ3v) is 2.71. The second kappa shape index (κ2) is 1.92. The van der Waals surface area contributed by atoms with Crippen LogP contribution in [0.4, 0.5) is 4.39 Å². The van der Waals surface area contributed by atoms with E-state index in [1.165, 1.54) is 0 Å². The van der Waals surface area contributed by atoms with Gasteiger partial charge in [-0.15, -0.1) is 0 Å². The normalized spacial score (nSPS) is 43.8. The summed E-state index contributed by atoms with van der Waals surface area (Å²) in [6, 6.07) is 0. The first-order chi connectivity index (χ1) is 4.72. The van der Waals surface area contributed by atoms with E-state index in [4.69, 9.17) is 5.73 Å². The van der Waals surface area contributed by atoms with Crippen LogP contribution in [0, 0.1) is 5.92 Å². The van der Waals surface area contributed by atoms with Gasteiger partial charge in [-0.05, 0) is 12.8 Å². The van der Waals surface area contributed by atoms with Crippen molar-refractivity contribution in [2.24, 2.45) is 11.7 Å². The smallest absolute Gasteiger partial charge is 0.118 e. The van der Waals surface area contributed by atoms with E-state index in [1.54, 1.807) is 0 Å². The molecule has 3 heteroatoms. The maximum Gasteiger partial charge on any atom is 0.118 e. The van der Waals surface area contributed by atoms with Crippen molar-refractivity contribution in [3.63, 3.8) is 0 Å². The molecule has 2 aliphatic rings. The fourth-order valence-electron chi connectivity index (χ4n) is 1.73. The molecular weight excluding hydrogens is 131 g/mol. The minimum Gasteiger partial charge on any atom is -0.325 e. The van der Waals surface area contributed by atoms with Crippen LogP contribution in [0.15, 0.2) is 0 Å². The monoisotopic (exact) mass is 144 g/mol. The number of nitrogens with one attached hydrogen (secondary N) is 1. The molecule has 0 bridgehead atoms. The van der Waals surface area contributed by atoms with Gasteiger partial charge in [-0.2, -0.15) is 0 Å². The lowest BCUT2D eigenvalue weighted by Gasteiger charge is -2.18. The minimum atomic E-state index is -0.701. The lowest BCUT2D eigenvalue weighted by molar-refractivity contribution is 0.243. The molecule has 0 unspecified atom stereocenters. The summed E-state index contributed by atoms with van der Waals surface area (Å²) in [7, 11) is 0. The molecule has 2 atom stereocenters. The van der Waals surface area contributed by atoms with Crippen LogP contribution in [-0.4, -0.2) is 24.8 Å². The van der Waals surface area contributed by atoms with Gasteiger partial charge in [0.2, 0.25) is 0 Å². The topological polar surface area (TPSA) is 38.0 Å². The Bertz CT molecular complexity index is 145. The third-order valence-electron chi connectivity index (χ3n) is 2.71. The molecule has 0 amide bonds. The van der Waals surface area contributed by atoms with Crippen molar-refractivity contribution < 1.29 is 4.39 Å². The molecule has 2 nitrogen and oxygen atoms in total. The van der Waals surface area contributed by atoms with Gasteiger partial charge in [-0.1, -0.05) is 0 Å². The SMILES string of the molecule is NC1([C@H]2CNC[C@H]2F)CC1. The van der Waals surface area contributed by atoms with Crippen molar-refractivity contribution in [2.75, 3.05) is 13.1 Å². The molecule has 1 heterocycles. The summed E-state index contributed by atoms with van der Waals surface area (Å²) < 4.78 is 13.0. The third kappa shape index (κ3) is 0.847. The Balaban J connectivity index is 2.03. The number of halogens is 1. The minimum absolute atomic E-state index is 0.0903. The van der Waals surface area contributed by atoms with Gasteiger partial charge in [0, 0.05) is 24.5 Å². The summed E-state index contributed by atoms with van der Waals surface area (Å²) >= 11 is 0. The van der Waals surface area contributed by atoms with E-state index in [9.17, 15) is 4.39 Å². The molecule has 0 aromatic carbocycles. The summed E-state index contributed by atoms with van der Waals surface area (Å²) in [4.78, 5) is 0. The molecule has 1 aliphatic heterocycles. The molecule has 3 N–H and O–H groups in total. The van der Waals surface area contributed by atoms with Crippen LogP contribution >= 0.6 is 0 Å². The zero-order valence-corrected chi connectivity index (χ0v) is 5.94. The van der Waals surface area contributed by atoms with Crippen LogP contribution in [0.25, 0.3) is 0 Å². The van der Waals surface area contributed by atoms with Gasteiger partial charge in [0.15, 0.2) is 0 Å². The lowest BCUT2D eigenvalue weighted by atomic mass is 9.96. The first kappa shape index (κ1) is 6.55. The summed E-state index contributed by atoms with van der Waals surface area (Å²) in [5.41, 5.74) is 5.73. The maximum atomic E-state index is 13.0. The predicted octanol–water partition coefficient (Wildman–Crippen LogP) is 0.0352. The van der Waals surface area contributed by atoms with Crippen LogP contribution in [-0.2, 0) is 0 Å². The van der Waals surface area contributed by atoms with Gasteiger partial charge in [0.25, 0.3) is 0 Å². The van der Waals surface area contributed by atoms with Crippen LogP contribution < -0.4 is 11.1 Å². The summed E-state index contributed by atoms with van der Waals surface area (Å²) in [5.74, 6) is 0.0903. The Hall–Kier alpha value is -0.150. The molecule has 0 aromatic heterocycles. The molecule has 0 radical (unpaired) electrons. The molecule has 1 saturated carbocycles. The van der Waals surface area contributed by atoms with Crippen molar-refractivity contribution in [3.05, 3.63) is 0 Å². The molecule has 0 aromatic rings. The Kier molecular flexibility index (Phi) is 1.26. The Morgan fingerprint density at radius 3 is 2.50 bits per heavy atom. The Morgan fingerprint density at radius 1 is 1.40 bits per heavy atom. The van der Waals surface area contributed by atoms with Crippen molar-refractivity contribution in [3.8, 4) is 0 Å². The number of rotatable bonds is 1. The number of hydrogen-bond donors (Lipinski definition) is 2. The zero-order chi connectivity index (χ0) is 7.19. The predicted molar refractivity (Wildman–Crippen MR) is 37.4 cm³/mol. The number of nitrogens with two attached hydrogens (primary N) is 1. The van der Waals surface area contributed by atoms with Crippen molar-refractivity contribution in [1.82, 2.24) is 5.32 Å². The first-order valence-electron chi connectivity index (χ1n) is 3.86. The highest BCUT2D eigenvalue weighted by atomic mass is 19.1. The first-order valence-corrected chi connectivity index (χ1v) is 3.86. The zero-order valence-electron chi connectivity index (χ0n) is 5.94. The van der Waals surface area contributed by atoms with Crippen LogP contribution in [0.1, 0.15) is 12.8 Å². The Labute approximate surface area is 60.0 Å². The fraction of sp³-hybridized carbons (Fsp3) is 1.00. The maximum absolute atomic E-state index is 13.0. The van der Waals surface area contributed by atoms with E-state index in [-0.39, 0.29) is 11.5 Å². The van der Waals surface area contributed by atoms with E-state index in [1.807, 2.05) is 0 Å². The van der Waals surface area contributed by atoms with Gasteiger partial charge in [-0.3, -0.25) is 0 Å². The molecule has 2 rings (SSSR count). The summed E-state index contributed by atoms with van der Waals surface area (Å²) in [6.45, 7) is 1.28. The van der Waals surface area contributed by atoms with E-state index >= 15 is 0 Å². The van der Waals surface area contributed by atoms with Gasteiger partial charge in [0.05, 0.1) is 0 Å². The molecule has 0 spiro atoms. The van der Waals surface area contributed by atoms with Crippen LogP contribution in [0.2, 0.25) is 0 Å². The second-order valence-corrected chi connectivity index (χ2v) is 3.51. The number of alkyl halides is 1. The molecule has 10 heavy (non-hydrogen) atoms. The largest absolute Gasteiger partial charge is 0.325 e. The van der Waals surface area contributed by atoms with Crippen molar-refractivity contribution >= 4 is 0 Å².